The number of ether oxygens (including phenoxy) is 3. The van der Waals surface area contributed by atoms with Crippen LogP contribution in [0.3, 0.4) is 0 Å². The zero-order valence-corrected chi connectivity index (χ0v) is 17.5. The van der Waals surface area contributed by atoms with E-state index in [4.69, 9.17) is 14.2 Å². The first kappa shape index (κ1) is 21.6. The molecular formula is C24H33NO4. The molecule has 0 aromatic heterocycles. The van der Waals surface area contributed by atoms with Gasteiger partial charge < -0.3 is 24.6 Å². The van der Waals surface area contributed by atoms with Gasteiger partial charge in [-0.2, -0.15) is 0 Å². The van der Waals surface area contributed by atoms with Gasteiger partial charge in [-0.15, -0.1) is 0 Å². The SMILES string of the molecule is CC(C)NCC(O)COc1ccccc1Oc1ccc(CCOCC2CC2)cc1. The van der Waals surface area contributed by atoms with Crippen molar-refractivity contribution in [2.24, 2.45) is 5.92 Å². The molecule has 1 aliphatic carbocycles. The van der Waals surface area contributed by atoms with Gasteiger partial charge in [-0.25, -0.2) is 0 Å². The second kappa shape index (κ2) is 11.2. The minimum Gasteiger partial charge on any atom is -0.487 e. The van der Waals surface area contributed by atoms with Crippen LogP contribution in [0.1, 0.15) is 32.3 Å². The normalized spacial score (nSPS) is 14.8. The molecule has 2 aromatic rings. The molecule has 0 bridgehead atoms. The van der Waals surface area contributed by atoms with Gasteiger partial charge in [0.15, 0.2) is 11.5 Å². The minimum atomic E-state index is -0.577. The zero-order valence-electron chi connectivity index (χ0n) is 17.5. The van der Waals surface area contributed by atoms with E-state index in [1.165, 1.54) is 18.4 Å². The van der Waals surface area contributed by atoms with Crippen molar-refractivity contribution in [2.45, 2.75) is 45.3 Å². The number of hydrogen-bond donors (Lipinski definition) is 2. The maximum atomic E-state index is 10.1. The van der Waals surface area contributed by atoms with E-state index >= 15 is 0 Å². The fourth-order valence-corrected chi connectivity index (χ4v) is 2.85. The van der Waals surface area contributed by atoms with Gasteiger partial charge in [0.05, 0.1) is 6.61 Å². The van der Waals surface area contributed by atoms with Crippen molar-refractivity contribution in [1.29, 1.82) is 0 Å². The zero-order chi connectivity index (χ0) is 20.5. The van der Waals surface area contributed by atoms with Crippen molar-refractivity contribution in [2.75, 3.05) is 26.4 Å². The van der Waals surface area contributed by atoms with E-state index in [0.29, 0.717) is 24.1 Å². The van der Waals surface area contributed by atoms with Crippen LogP contribution in [-0.4, -0.2) is 43.6 Å². The Balaban J connectivity index is 1.47. The Labute approximate surface area is 174 Å². The highest BCUT2D eigenvalue weighted by Gasteiger charge is 2.20. The molecule has 5 heteroatoms. The molecule has 158 valence electrons. The van der Waals surface area contributed by atoms with E-state index in [0.717, 1.165) is 31.3 Å². The topological polar surface area (TPSA) is 60.0 Å². The first-order valence-corrected chi connectivity index (χ1v) is 10.6. The first-order valence-electron chi connectivity index (χ1n) is 10.6. The summed E-state index contributed by atoms with van der Waals surface area (Å²) in [6.45, 7) is 6.46. The number of benzene rings is 2. The lowest BCUT2D eigenvalue weighted by Crippen LogP contribution is -2.35. The molecule has 29 heavy (non-hydrogen) atoms. The van der Waals surface area contributed by atoms with Gasteiger partial charge in [-0.3, -0.25) is 0 Å². The summed E-state index contributed by atoms with van der Waals surface area (Å²) < 4.78 is 17.5. The van der Waals surface area contributed by atoms with Crippen molar-refractivity contribution >= 4 is 0 Å². The standard InChI is InChI=1S/C24H33NO4/c1-18(2)25-15-21(26)17-28-23-5-3-4-6-24(23)29-22-11-9-19(10-12-22)13-14-27-16-20-7-8-20/h3-6,9-12,18,20-21,25-26H,7-8,13-17H2,1-2H3. The molecule has 2 N–H and O–H groups in total. The molecule has 1 unspecified atom stereocenters. The summed E-state index contributed by atoms with van der Waals surface area (Å²) in [5.41, 5.74) is 1.23. The van der Waals surface area contributed by atoms with Crippen LogP contribution in [0.25, 0.3) is 0 Å². The van der Waals surface area contributed by atoms with Crippen molar-refractivity contribution in [3.05, 3.63) is 54.1 Å². The van der Waals surface area contributed by atoms with E-state index < -0.39 is 6.10 Å². The predicted molar refractivity (Wildman–Crippen MR) is 115 cm³/mol. The Morgan fingerprint density at radius 2 is 1.76 bits per heavy atom. The van der Waals surface area contributed by atoms with Crippen LogP contribution < -0.4 is 14.8 Å². The molecule has 0 spiro atoms. The van der Waals surface area contributed by atoms with Crippen LogP contribution in [0.4, 0.5) is 0 Å². The van der Waals surface area contributed by atoms with Crippen molar-refractivity contribution < 1.29 is 19.3 Å². The predicted octanol–water partition coefficient (Wildman–Crippen LogP) is 4.19. The van der Waals surface area contributed by atoms with Gasteiger partial charge in [0.25, 0.3) is 0 Å². The Kier molecular flexibility index (Phi) is 8.35. The van der Waals surface area contributed by atoms with Gasteiger partial charge in [-0.1, -0.05) is 38.1 Å². The Hall–Kier alpha value is -2.08. The number of aliphatic hydroxyl groups excluding tert-OH is 1. The number of nitrogens with one attached hydrogen (secondary N) is 1. The molecule has 0 heterocycles. The third kappa shape index (κ3) is 8.05. The van der Waals surface area contributed by atoms with Crippen molar-refractivity contribution in [3.63, 3.8) is 0 Å². The van der Waals surface area contributed by atoms with Crippen LogP contribution >= 0.6 is 0 Å². The molecule has 5 nitrogen and oxygen atoms in total. The van der Waals surface area contributed by atoms with E-state index in [1.807, 2.05) is 50.2 Å². The average molecular weight is 400 g/mol. The lowest BCUT2D eigenvalue weighted by Gasteiger charge is -2.17. The van der Waals surface area contributed by atoms with E-state index in [-0.39, 0.29) is 6.61 Å². The molecule has 2 aromatic carbocycles. The fraction of sp³-hybridized carbons (Fsp3) is 0.500. The highest BCUT2D eigenvalue weighted by atomic mass is 16.5. The largest absolute Gasteiger partial charge is 0.487 e. The van der Waals surface area contributed by atoms with Gasteiger partial charge in [-0.05, 0) is 55.0 Å². The molecule has 0 aliphatic heterocycles. The van der Waals surface area contributed by atoms with E-state index in [2.05, 4.69) is 17.4 Å². The molecule has 0 saturated heterocycles. The van der Waals surface area contributed by atoms with Crippen LogP contribution in [0.2, 0.25) is 0 Å². The number of aliphatic hydroxyl groups is 1. The molecule has 1 aliphatic rings. The third-order valence-electron chi connectivity index (χ3n) is 4.78. The van der Waals surface area contributed by atoms with Crippen LogP contribution in [0.15, 0.2) is 48.5 Å². The van der Waals surface area contributed by atoms with E-state index in [9.17, 15) is 5.11 Å². The van der Waals surface area contributed by atoms with Crippen LogP contribution in [0, 0.1) is 5.92 Å². The fourth-order valence-electron chi connectivity index (χ4n) is 2.85. The first-order chi connectivity index (χ1) is 14.1. The Morgan fingerprint density at radius 3 is 2.45 bits per heavy atom. The number of hydrogen-bond acceptors (Lipinski definition) is 5. The highest BCUT2D eigenvalue weighted by Crippen LogP contribution is 2.31. The third-order valence-corrected chi connectivity index (χ3v) is 4.78. The minimum absolute atomic E-state index is 0.208. The summed E-state index contributed by atoms with van der Waals surface area (Å²) >= 11 is 0. The smallest absolute Gasteiger partial charge is 0.169 e. The lowest BCUT2D eigenvalue weighted by atomic mass is 10.1. The second-order valence-electron chi connectivity index (χ2n) is 7.99. The van der Waals surface area contributed by atoms with Gasteiger partial charge >= 0.3 is 0 Å². The summed E-state index contributed by atoms with van der Waals surface area (Å²) in [5, 5.41) is 13.3. The van der Waals surface area contributed by atoms with Crippen LogP contribution in [0.5, 0.6) is 17.2 Å². The summed E-state index contributed by atoms with van der Waals surface area (Å²) in [6, 6.07) is 15.9. The number of rotatable bonds is 13. The number of para-hydroxylation sites is 2. The van der Waals surface area contributed by atoms with Crippen molar-refractivity contribution in [3.8, 4) is 17.2 Å². The molecule has 1 fully saturated rings. The molecule has 1 atom stereocenters. The van der Waals surface area contributed by atoms with Crippen LogP contribution in [-0.2, 0) is 11.2 Å². The molecule has 1 saturated carbocycles. The maximum absolute atomic E-state index is 10.1. The second-order valence-corrected chi connectivity index (χ2v) is 7.99. The molecule has 3 rings (SSSR count). The maximum Gasteiger partial charge on any atom is 0.169 e. The summed E-state index contributed by atoms with van der Waals surface area (Å²) in [5.74, 6) is 2.82. The highest BCUT2D eigenvalue weighted by molar-refractivity contribution is 5.43. The van der Waals surface area contributed by atoms with Gasteiger partial charge in [0.2, 0.25) is 0 Å². The monoisotopic (exact) mass is 399 g/mol. The van der Waals surface area contributed by atoms with Gasteiger partial charge in [0.1, 0.15) is 18.5 Å². The van der Waals surface area contributed by atoms with E-state index in [1.54, 1.807) is 0 Å². The molecule has 0 radical (unpaired) electrons. The molecular weight excluding hydrogens is 366 g/mol. The van der Waals surface area contributed by atoms with Crippen molar-refractivity contribution in [1.82, 2.24) is 5.32 Å². The average Bonchev–Trinajstić information content (AvgIpc) is 3.54. The summed E-state index contributed by atoms with van der Waals surface area (Å²) in [4.78, 5) is 0. The quantitative estimate of drug-likeness (QED) is 0.495. The van der Waals surface area contributed by atoms with Gasteiger partial charge in [0, 0.05) is 19.2 Å². The summed E-state index contributed by atoms with van der Waals surface area (Å²) in [7, 11) is 0. The lowest BCUT2D eigenvalue weighted by molar-refractivity contribution is 0.103. The summed E-state index contributed by atoms with van der Waals surface area (Å²) in [6.07, 6.45) is 2.98. The molecule has 0 amide bonds. The Bertz CT molecular complexity index is 728. The Morgan fingerprint density at radius 1 is 1.03 bits per heavy atom.